The zero-order chi connectivity index (χ0) is 20.1. The van der Waals surface area contributed by atoms with E-state index in [-0.39, 0.29) is 24.8 Å². The van der Waals surface area contributed by atoms with Crippen molar-refractivity contribution in [2.24, 2.45) is 0 Å². The second kappa shape index (κ2) is 8.67. The van der Waals surface area contributed by atoms with Crippen molar-refractivity contribution in [2.75, 3.05) is 19.0 Å². The SMILES string of the molecule is COC(=O)CNC(=O)Cc1ccc(NC(=O)c2sc3ccccc3c2C)cc1. The summed E-state index contributed by atoms with van der Waals surface area (Å²) in [5, 5.41) is 6.47. The summed E-state index contributed by atoms with van der Waals surface area (Å²) >= 11 is 1.47. The van der Waals surface area contributed by atoms with Crippen molar-refractivity contribution in [3.05, 3.63) is 64.5 Å². The number of amides is 2. The van der Waals surface area contributed by atoms with E-state index in [0.717, 1.165) is 21.2 Å². The highest BCUT2D eigenvalue weighted by Crippen LogP contribution is 2.31. The van der Waals surface area contributed by atoms with Crippen LogP contribution in [0, 0.1) is 6.92 Å². The molecule has 0 spiro atoms. The van der Waals surface area contributed by atoms with E-state index in [0.29, 0.717) is 10.6 Å². The Hall–Kier alpha value is -3.19. The molecule has 1 aromatic heterocycles. The van der Waals surface area contributed by atoms with E-state index in [1.807, 2.05) is 31.2 Å². The van der Waals surface area contributed by atoms with Gasteiger partial charge in [-0.2, -0.15) is 0 Å². The van der Waals surface area contributed by atoms with Gasteiger partial charge in [0.05, 0.1) is 18.4 Å². The fourth-order valence-corrected chi connectivity index (χ4v) is 3.88. The molecule has 6 nitrogen and oxygen atoms in total. The fraction of sp³-hybridized carbons (Fsp3) is 0.190. The van der Waals surface area contributed by atoms with Crippen LogP contribution in [0.3, 0.4) is 0 Å². The van der Waals surface area contributed by atoms with Gasteiger partial charge in [0, 0.05) is 10.4 Å². The summed E-state index contributed by atoms with van der Waals surface area (Å²) in [7, 11) is 1.27. The van der Waals surface area contributed by atoms with Crippen molar-refractivity contribution >= 4 is 44.9 Å². The molecule has 0 atom stereocenters. The number of hydrogen-bond acceptors (Lipinski definition) is 5. The van der Waals surface area contributed by atoms with Gasteiger partial charge in [0.2, 0.25) is 5.91 Å². The number of thiophene rings is 1. The summed E-state index contributed by atoms with van der Waals surface area (Å²) in [6.45, 7) is 1.79. The highest BCUT2D eigenvalue weighted by atomic mass is 32.1. The number of methoxy groups -OCH3 is 1. The number of nitrogens with one attached hydrogen (secondary N) is 2. The third-order valence-electron chi connectivity index (χ3n) is 4.28. The van der Waals surface area contributed by atoms with E-state index in [1.165, 1.54) is 18.4 Å². The van der Waals surface area contributed by atoms with Crippen molar-refractivity contribution < 1.29 is 19.1 Å². The average Bonchev–Trinajstić information content (AvgIpc) is 3.04. The van der Waals surface area contributed by atoms with E-state index >= 15 is 0 Å². The molecule has 1 heterocycles. The number of aryl methyl sites for hydroxylation is 1. The molecular formula is C21H20N2O4S. The number of fused-ring (bicyclic) bond motifs is 1. The molecule has 3 rings (SSSR count). The summed E-state index contributed by atoms with van der Waals surface area (Å²) < 4.78 is 5.56. The molecule has 0 aliphatic heterocycles. The van der Waals surface area contributed by atoms with Gasteiger partial charge < -0.3 is 15.4 Å². The van der Waals surface area contributed by atoms with E-state index in [1.54, 1.807) is 24.3 Å². The maximum atomic E-state index is 12.6. The Kier molecular flexibility index (Phi) is 6.06. The van der Waals surface area contributed by atoms with Gasteiger partial charge in [-0.1, -0.05) is 30.3 Å². The number of carbonyl (C=O) groups excluding carboxylic acids is 3. The number of benzene rings is 2. The predicted octanol–water partition coefficient (Wildman–Crippen LogP) is 3.29. The third kappa shape index (κ3) is 4.55. The van der Waals surface area contributed by atoms with Crippen LogP contribution < -0.4 is 10.6 Å². The smallest absolute Gasteiger partial charge is 0.325 e. The second-order valence-electron chi connectivity index (χ2n) is 6.23. The van der Waals surface area contributed by atoms with Crippen LogP contribution in [-0.4, -0.2) is 31.4 Å². The first kappa shape index (κ1) is 19.6. The van der Waals surface area contributed by atoms with Crippen LogP contribution in [0.1, 0.15) is 20.8 Å². The van der Waals surface area contributed by atoms with Crippen molar-refractivity contribution in [3.63, 3.8) is 0 Å². The van der Waals surface area contributed by atoms with Crippen molar-refractivity contribution in [2.45, 2.75) is 13.3 Å². The van der Waals surface area contributed by atoms with Crippen LogP contribution in [0.25, 0.3) is 10.1 Å². The van der Waals surface area contributed by atoms with Gasteiger partial charge in [-0.3, -0.25) is 14.4 Å². The van der Waals surface area contributed by atoms with Crippen molar-refractivity contribution in [1.29, 1.82) is 0 Å². The van der Waals surface area contributed by atoms with E-state index in [4.69, 9.17) is 0 Å². The van der Waals surface area contributed by atoms with Crippen molar-refractivity contribution in [1.82, 2.24) is 5.32 Å². The van der Waals surface area contributed by atoms with Gasteiger partial charge in [-0.15, -0.1) is 11.3 Å². The maximum Gasteiger partial charge on any atom is 0.325 e. The first-order valence-electron chi connectivity index (χ1n) is 8.70. The Morgan fingerprint density at radius 3 is 2.43 bits per heavy atom. The van der Waals surface area contributed by atoms with E-state index < -0.39 is 5.97 Å². The number of hydrogen-bond donors (Lipinski definition) is 2. The molecule has 144 valence electrons. The van der Waals surface area contributed by atoms with Gasteiger partial charge in [-0.05, 0) is 41.6 Å². The zero-order valence-corrected chi connectivity index (χ0v) is 16.4. The quantitative estimate of drug-likeness (QED) is 0.626. The minimum absolute atomic E-state index is 0.140. The Labute approximate surface area is 166 Å². The molecular weight excluding hydrogens is 376 g/mol. The van der Waals surface area contributed by atoms with Crippen LogP contribution in [0.5, 0.6) is 0 Å². The van der Waals surface area contributed by atoms with Crippen LogP contribution in [-0.2, 0) is 20.7 Å². The summed E-state index contributed by atoms with van der Waals surface area (Å²) in [5.41, 5.74) is 2.40. The molecule has 0 unspecified atom stereocenters. The Bertz CT molecular complexity index is 1020. The molecule has 2 aromatic carbocycles. The van der Waals surface area contributed by atoms with E-state index in [9.17, 15) is 14.4 Å². The molecule has 2 amide bonds. The molecule has 0 aliphatic rings. The lowest BCUT2D eigenvalue weighted by Gasteiger charge is -2.07. The molecule has 0 bridgehead atoms. The second-order valence-corrected chi connectivity index (χ2v) is 7.29. The fourth-order valence-electron chi connectivity index (χ4n) is 2.78. The standard InChI is InChI=1S/C21H20N2O4S/c1-13-16-5-3-4-6-17(16)28-20(13)21(26)23-15-9-7-14(8-10-15)11-18(24)22-12-19(25)27-2/h3-10H,11-12H2,1-2H3,(H,22,24)(H,23,26). The largest absolute Gasteiger partial charge is 0.468 e. The Balaban J connectivity index is 1.62. The molecule has 0 radical (unpaired) electrons. The predicted molar refractivity (Wildman–Crippen MR) is 110 cm³/mol. The Morgan fingerprint density at radius 2 is 1.75 bits per heavy atom. The monoisotopic (exact) mass is 396 g/mol. The van der Waals surface area contributed by atoms with Crippen LogP contribution in [0.15, 0.2) is 48.5 Å². The number of anilines is 1. The maximum absolute atomic E-state index is 12.6. The lowest BCUT2D eigenvalue weighted by atomic mass is 10.1. The summed E-state index contributed by atoms with van der Waals surface area (Å²) in [5.74, 6) is -0.923. The molecule has 7 heteroatoms. The molecule has 28 heavy (non-hydrogen) atoms. The normalized spacial score (nSPS) is 10.5. The zero-order valence-electron chi connectivity index (χ0n) is 15.6. The lowest BCUT2D eigenvalue weighted by molar-refractivity contribution is -0.141. The first-order valence-corrected chi connectivity index (χ1v) is 9.51. The highest BCUT2D eigenvalue weighted by Gasteiger charge is 2.15. The van der Waals surface area contributed by atoms with E-state index in [2.05, 4.69) is 15.4 Å². The molecule has 0 fully saturated rings. The molecule has 0 saturated heterocycles. The first-order chi connectivity index (χ1) is 13.5. The van der Waals surface area contributed by atoms with Crippen LogP contribution in [0.2, 0.25) is 0 Å². The summed E-state index contributed by atoms with van der Waals surface area (Å²) in [4.78, 5) is 36.2. The molecule has 0 saturated carbocycles. The van der Waals surface area contributed by atoms with Gasteiger partial charge >= 0.3 is 5.97 Å². The number of esters is 1. The number of ether oxygens (including phenoxy) is 1. The van der Waals surface area contributed by atoms with Crippen LogP contribution >= 0.6 is 11.3 Å². The van der Waals surface area contributed by atoms with Crippen LogP contribution in [0.4, 0.5) is 5.69 Å². The summed E-state index contributed by atoms with van der Waals surface area (Å²) in [6.07, 6.45) is 0.140. The topological polar surface area (TPSA) is 84.5 Å². The third-order valence-corrected chi connectivity index (χ3v) is 5.56. The number of rotatable bonds is 6. The summed E-state index contributed by atoms with van der Waals surface area (Å²) in [6, 6.07) is 15.0. The number of carbonyl (C=O) groups is 3. The van der Waals surface area contributed by atoms with Gasteiger partial charge in [0.25, 0.3) is 5.91 Å². The van der Waals surface area contributed by atoms with Gasteiger partial charge in [-0.25, -0.2) is 0 Å². The molecule has 2 N–H and O–H groups in total. The van der Waals surface area contributed by atoms with Crippen molar-refractivity contribution in [3.8, 4) is 0 Å². The Morgan fingerprint density at radius 1 is 1.04 bits per heavy atom. The highest BCUT2D eigenvalue weighted by molar-refractivity contribution is 7.21. The molecule has 0 aliphatic carbocycles. The van der Waals surface area contributed by atoms with Gasteiger partial charge in [0.1, 0.15) is 6.54 Å². The van der Waals surface area contributed by atoms with Gasteiger partial charge in [0.15, 0.2) is 0 Å². The minimum Gasteiger partial charge on any atom is -0.468 e. The average molecular weight is 396 g/mol. The minimum atomic E-state index is -0.497. The molecule has 3 aromatic rings. The lowest BCUT2D eigenvalue weighted by Crippen LogP contribution is -2.31.